The van der Waals surface area contributed by atoms with E-state index in [1.165, 1.54) is 0 Å². The van der Waals surface area contributed by atoms with Crippen LogP contribution in [0.4, 0.5) is 17.1 Å². The Bertz CT molecular complexity index is 1330. The summed E-state index contributed by atoms with van der Waals surface area (Å²) in [5.41, 5.74) is 7.79. The van der Waals surface area contributed by atoms with Crippen molar-refractivity contribution in [1.29, 1.82) is 0 Å². The van der Waals surface area contributed by atoms with Crippen LogP contribution in [0.15, 0.2) is 60.7 Å². The summed E-state index contributed by atoms with van der Waals surface area (Å²) < 4.78 is 6.15. The van der Waals surface area contributed by atoms with Gasteiger partial charge in [-0.15, -0.1) is 0 Å². The number of ether oxygens (including phenoxy) is 1. The lowest BCUT2D eigenvalue weighted by atomic mass is 10.0. The van der Waals surface area contributed by atoms with Crippen LogP contribution in [0.3, 0.4) is 0 Å². The van der Waals surface area contributed by atoms with Gasteiger partial charge >= 0.3 is 0 Å². The maximum absolute atomic E-state index is 10.5. The number of aryl methyl sites for hydroxylation is 6. The fourth-order valence-corrected chi connectivity index (χ4v) is 4.42. The summed E-state index contributed by atoms with van der Waals surface area (Å²) >= 11 is 0. The number of phenols is 3. The number of nitrogens with zero attached hydrogens (tertiary/aromatic N) is 1. The Morgan fingerprint density at radius 2 is 1.00 bits per heavy atom. The number of rotatable bonds is 5. The minimum Gasteiger partial charge on any atom is -0.508 e. The zero-order valence-corrected chi connectivity index (χ0v) is 21.0. The summed E-state index contributed by atoms with van der Waals surface area (Å²) in [5.74, 6) is 2.01. The molecular weight excluding hydrogens is 438 g/mol. The Balaban J connectivity index is 1.81. The van der Waals surface area contributed by atoms with E-state index in [1.807, 2.05) is 82.8 Å². The van der Waals surface area contributed by atoms with E-state index in [9.17, 15) is 15.3 Å². The predicted octanol–water partition coefficient (Wildman–Crippen LogP) is 7.92. The van der Waals surface area contributed by atoms with Crippen molar-refractivity contribution in [3.8, 4) is 28.7 Å². The molecule has 0 unspecified atom stereocenters. The average molecular weight is 470 g/mol. The van der Waals surface area contributed by atoms with E-state index in [2.05, 4.69) is 0 Å². The first-order valence-electron chi connectivity index (χ1n) is 11.5. The molecule has 0 aliphatic carbocycles. The van der Waals surface area contributed by atoms with Crippen molar-refractivity contribution in [1.82, 2.24) is 0 Å². The maximum atomic E-state index is 10.5. The number of aromatic hydroxyl groups is 3. The standard InChI is InChI=1S/C30H31NO4/c1-17-11-19(3)28(33)15-26(17)31(27-16-29(34)20(4)12-18(27)2)23-7-9-25(10-8-23)35-30-21(5)13-24(32)14-22(30)6/h7-16,32-34H,1-6H3. The molecule has 35 heavy (non-hydrogen) atoms. The monoisotopic (exact) mass is 469 g/mol. The quantitative estimate of drug-likeness (QED) is 0.277. The van der Waals surface area contributed by atoms with E-state index in [0.717, 1.165) is 50.4 Å². The molecule has 0 bridgehead atoms. The Morgan fingerprint density at radius 1 is 0.543 bits per heavy atom. The van der Waals surface area contributed by atoms with Gasteiger partial charge in [0.05, 0.1) is 11.4 Å². The van der Waals surface area contributed by atoms with Gasteiger partial charge in [0.25, 0.3) is 0 Å². The molecule has 5 nitrogen and oxygen atoms in total. The SMILES string of the molecule is Cc1cc(C)c(N(c2ccc(Oc3c(C)cc(O)cc3C)cc2)c2cc(O)c(C)cc2C)cc1O. The van der Waals surface area contributed by atoms with Gasteiger partial charge in [-0.3, -0.25) is 0 Å². The molecule has 4 aromatic rings. The van der Waals surface area contributed by atoms with Crippen molar-refractivity contribution in [2.75, 3.05) is 4.90 Å². The van der Waals surface area contributed by atoms with Gasteiger partial charge in [-0.05, 0) is 111 Å². The highest BCUT2D eigenvalue weighted by Gasteiger charge is 2.20. The van der Waals surface area contributed by atoms with Gasteiger partial charge in [0, 0.05) is 17.8 Å². The first-order chi connectivity index (χ1) is 16.5. The zero-order chi connectivity index (χ0) is 25.4. The van der Waals surface area contributed by atoms with Crippen LogP contribution in [-0.2, 0) is 0 Å². The second kappa shape index (κ2) is 9.26. The molecule has 4 aromatic carbocycles. The molecule has 0 aliphatic heterocycles. The second-order valence-corrected chi connectivity index (χ2v) is 9.19. The van der Waals surface area contributed by atoms with Crippen molar-refractivity contribution in [2.24, 2.45) is 0 Å². The van der Waals surface area contributed by atoms with Gasteiger partial charge in [-0.25, -0.2) is 0 Å². The van der Waals surface area contributed by atoms with E-state index in [1.54, 1.807) is 24.3 Å². The highest BCUT2D eigenvalue weighted by atomic mass is 16.5. The molecule has 0 aromatic heterocycles. The minimum absolute atomic E-state index is 0.211. The second-order valence-electron chi connectivity index (χ2n) is 9.19. The molecule has 0 spiro atoms. The largest absolute Gasteiger partial charge is 0.508 e. The van der Waals surface area contributed by atoms with Crippen molar-refractivity contribution < 1.29 is 20.1 Å². The van der Waals surface area contributed by atoms with Crippen LogP contribution >= 0.6 is 0 Å². The highest BCUT2D eigenvalue weighted by molar-refractivity contribution is 5.82. The lowest BCUT2D eigenvalue weighted by Gasteiger charge is -2.29. The Labute approximate surface area is 206 Å². The molecule has 0 atom stereocenters. The topological polar surface area (TPSA) is 73.2 Å². The summed E-state index contributed by atoms with van der Waals surface area (Å²) in [6.45, 7) is 11.6. The molecule has 180 valence electrons. The first-order valence-corrected chi connectivity index (χ1v) is 11.5. The van der Waals surface area contributed by atoms with Crippen LogP contribution in [0, 0.1) is 41.5 Å². The minimum atomic E-state index is 0.211. The molecule has 0 saturated heterocycles. The Hall–Kier alpha value is -4.12. The fourth-order valence-electron chi connectivity index (χ4n) is 4.42. The van der Waals surface area contributed by atoms with Crippen LogP contribution in [0.1, 0.15) is 33.4 Å². The molecule has 0 fully saturated rings. The van der Waals surface area contributed by atoms with Gasteiger partial charge in [0.15, 0.2) is 0 Å². The van der Waals surface area contributed by atoms with E-state index >= 15 is 0 Å². The van der Waals surface area contributed by atoms with E-state index in [-0.39, 0.29) is 17.2 Å². The van der Waals surface area contributed by atoms with E-state index in [0.29, 0.717) is 11.5 Å². The van der Waals surface area contributed by atoms with Gasteiger partial charge in [-0.2, -0.15) is 0 Å². The van der Waals surface area contributed by atoms with Crippen molar-refractivity contribution >= 4 is 17.1 Å². The van der Waals surface area contributed by atoms with Crippen LogP contribution in [0.2, 0.25) is 0 Å². The molecule has 3 N–H and O–H groups in total. The molecule has 0 saturated carbocycles. The number of phenolic OH excluding ortho intramolecular Hbond substituents is 3. The third-order valence-electron chi connectivity index (χ3n) is 6.27. The summed E-state index contributed by atoms with van der Waals surface area (Å²) in [7, 11) is 0. The van der Waals surface area contributed by atoms with Crippen LogP contribution in [0.25, 0.3) is 0 Å². The zero-order valence-electron chi connectivity index (χ0n) is 21.0. The molecule has 0 heterocycles. The number of hydrogen-bond donors (Lipinski definition) is 3. The molecule has 4 rings (SSSR count). The van der Waals surface area contributed by atoms with Gasteiger partial charge in [-0.1, -0.05) is 12.1 Å². The van der Waals surface area contributed by atoms with Gasteiger partial charge in [0.1, 0.15) is 28.7 Å². The summed E-state index contributed by atoms with van der Waals surface area (Å²) in [4.78, 5) is 2.03. The van der Waals surface area contributed by atoms with Crippen LogP contribution in [-0.4, -0.2) is 15.3 Å². The van der Waals surface area contributed by atoms with Crippen molar-refractivity contribution in [3.05, 3.63) is 94.0 Å². The lowest BCUT2D eigenvalue weighted by molar-refractivity contribution is 0.458. The third kappa shape index (κ3) is 4.76. The number of anilines is 3. The summed E-state index contributed by atoms with van der Waals surface area (Å²) in [6.07, 6.45) is 0. The Morgan fingerprint density at radius 3 is 1.46 bits per heavy atom. The molecular formula is C30H31NO4. The normalized spacial score (nSPS) is 10.9. The first kappa shape index (κ1) is 24.0. The number of hydrogen-bond acceptors (Lipinski definition) is 5. The van der Waals surface area contributed by atoms with Crippen LogP contribution in [0.5, 0.6) is 28.7 Å². The fraction of sp³-hybridized carbons (Fsp3) is 0.200. The number of benzene rings is 4. The van der Waals surface area contributed by atoms with Crippen LogP contribution < -0.4 is 9.64 Å². The average Bonchev–Trinajstić information content (AvgIpc) is 2.78. The summed E-state index contributed by atoms with van der Waals surface area (Å²) in [6, 6.07) is 18.5. The molecule has 0 radical (unpaired) electrons. The Kier molecular flexibility index (Phi) is 6.35. The molecule has 5 heteroatoms. The highest BCUT2D eigenvalue weighted by Crippen LogP contribution is 2.43. The van der Waals surface area contributed by atoms with Gasteiger partial charge in [0.2, 0.25) is 0 Å². The van der Waals surface area contributed by atoms with E-state index in [4.69, 9.17) is 4.74 Å². The smallest absolute Gasteiger partial charge is 0.133 e. The maximum Gasteiger partial charge on any atom is 0.133 e. The molecule has 0 aliphatic rings. The predicted molar refractivity (Wildman–Crippen MR) is 141 cm³/mol. The van der Waals surface area contributed by atoms with Crippen molar-refractivity contribution in [2.45, 2.75) is 41.5 Å². The van der Waals surface area contributed by atoms with Gasteiger partial charge < -0.3 is 25.0 Å². The third-order valence-corrected chi connectivity index (χ3v) is 6.27. The summed E-state index contributed by atoms with van der Waals surface area (Å²) in [5, 5.41) is 30.8. The van der Waals surface area contributed by atoms with Crippen molar-refractivity contribution in [3.63, 3.8) is 0 Å². The molecule has 0 amide bonds. The van der Waals surface area contributed by atoms with E-state index < -0.39 is 0 Å². The lowest BCUT2D eigenvalue weighted by Crippen LogP contribution is -2.13.